The summed E-state index contributed by atoms with van der Waals surface area (Å²) >= 11 is 0. The summed E-state index contributed by atoms with van der Waals surface area (Å²) in [7, 11) is 3.63. The standard InChI is InChI=1S/C14H17NO2/c1-10-4-5-11(8-13(10)16-3)14(15-2)12-6-7-17-9-12/h4-9,14-15H,1-3H3. The molecule has 3 heteroatoms. The molecule has 1 heterocycles. The predicted octanol–water partition coefficient (Wildman–Crippen LogP) is 2.91. The molecule has 0 aliphatic rings. The van der Waals surface area contributed by atoms with Gasteiger partial charge < -0.3 is 14.5 Å². The second kappa shape index (κ2) is 5.06. The second-order valence-corrected chi connectivity index (χ2v) is 4.01. The fraction of sp³-hybridized carbons (Fsp3) is 0.286. The molecular weight excluding hydrogens is 214 g/mol. The molecule has 1 N–H and O–H groups in total. The van der Waals surface area contributed by atoms with E-state index >= 15 is 0 Å². The molecule has 0 saturated heterocycles. The SMILES string of the molecule is CNC(c1ccoc1)c1ccc(C)c(OC)c1. The summed E-state index contributed by atoms with van der Waals surface area (Å²) < 4.78 is 10.5. The molecular formula is C14H17NO2. The molecule has 0 spiro atoms. The Bertz CT molecular complexity index is 477. The molecule has 0 radical (unpaired) electrons. The van der Waals surface area contributed by atoms with E-state index < -0.39 is 0 Å². The van der Waals surface area contributed by atoms with E-state index in [0.717, 1.165) is 22.4 Å². The molecule has 17 heavy (non-hydrogen) atoms. The number of ether oxygens (including phenoxy) is 1. The van der Waals surface area contributed by atoms with Gasteiger partial charge in [0, 0.05) is 5.56 Å². The Kier molecular flexibility index (Phi) is 3.49. The maximum absolute atomic E-state index is 5.35. The maximum Gasteiger partial charge on any atom is 0.122 e. The largest absolute Gasteiger partial charge is 0.496 e. The zero-order valence-electron chi connectivity index (χ0n) is 10.4. The molecule has 1 aromatic carbocycles. The van der Waals surface area contributed by atoms with Crippen LogP contribution in [0.25, 0.3) is 0 Å². The lowest BCUT2D eigenvalue weighted by atomic mass is 10.00. The summed E-state index contributed by atoms with van der Waals surface area (Å²) in [5.74, 6) is 0.909. The summed E-state index contributed by atoms with van der Waals surface area (Å²) in [4.78, 5) is 0. The van der Waals surface area contributed by atoms with Crippen LogP contribution >= 0.6 is 0 Å². The van der Waals surface area contributed by atoms with Gasteiger partial charge in [0.1, 0.15) is 5.75 Å². The van der Waals surface area contributed by atoms with Crippen molar-refractivity contribution < 1.29 is 9.15 Å². The molecule has 0 amide bonds. The van der Waals surface area contributed by atoms with Crippen LogP contribution in [0.2, 0.25) is 0 Å². The molecule has 0 fully saturated rings. The van der Waals surface area contributed by atoms with E-state index in [1.807, 2.05) is 20.0 Å². The molecule has 1 aromatic heterocycles. The number of hydrogen-bond donors (Lipinski definition) is 1. The summed E-state index contributed by atoms with van der Waals surface area (Å²) in [6.45, 7) is 2.04. The summed E-state index contributed by atoms with van der Waals surface area (Å²) in [5, 5.41) is 3.28. The van der Waals surface area contributed by atoms with Gasteiger partial charge in [0.2, 0.25) is 0 Å². The van der Waals surface area contributed by atoms with Crippen molar-refractivity contribution in [3.63, 3.8) is 0 Å². The van der Waals surface area contributed by atoms with Gasteiger partial charge in [-0.05, 0) is 37.2 Å². The maximum atomic E-state index is 5.35. The fourth-order valence-electron chi connectivity index (χ4n) is 1.98. The van der Waals surface area contributed by atoms with Crippen molar-refractivity contribution in [3.05, 3.63) is 53.5 Å². The van der Waals surface area contributed by atoms with Gasteiger partial charge in [-0.3, -0.25) is 0 Å². The van der Waals surface area contributed by atoms with Crippen LogP contribution in [-0.4, -0.2) is 14.2 Å². The van der Waals surface area contributed by atoms with Crippen LogP contribution in [-0.2, 0) is 0 Å². The Morgan fingerprint density at radius 2 is 2.06 bits per heavy atom. The number of nitrogens with one attached hydrogen (secondary N) is 1. The number of hydrogen-bond acceptors (Lipinski definition) is 3. The lowest BCUT2D eigenvalue weighted by Crippen LogP contribution is -2.17. The topological polar surface area (TPSA) is 34.4 Å². The summed E-state index contributed by atoms with van der Waals surface area (Å²) in [5.41, 5.74) is 3.41. The van der Waals surface area contributed by atoms with Gasteiger partial charge >= 0.3 is 0 Å². The zero-order chi connectivity index (χ0) is 12.3. The van der Waals surface area contributed by atoms with Gasteiger partial charge in [-0.2, -0.15) is 0 Å². The first-order chi connectivity index (χ1) is 8.26. The first kappa shape index (κ1) is 11.7. The van der Waals surface area contributed by atoms with E-state index in [2.05, 4.69) is 23.5 Å². The van der Waals surface area contributed by atoms with Crippen molar-refractivity contribution in [1.29, 1.82) is 0 Å². The Hall–Kier alpha value is -1.74. The molecule has 0 saturated carbocycles. The molecule has 2 aromatic rings. The van der Waals surface area contributed by atoms with Crippen molar-refractivity contribution in [3.8, 4) is 5.75 Å². The number of furan rings is 1. The van der Waals surface area contributed by atoms with Gasteiger partial charge in [-0.1, -0.05) is 12.1 Å². The van der Waals surface area contributed by atoms with Crippen molar-refractivity contribution in [2.24, 2.45) is 0 Å². The van der Waals surface area contributed by atoms with Crippen LogP contribution in [0, 0.1) is 6.92 Å². The molecule has 1 atom stereocenters. The van der Waals surface area contributed by atoms with E-state index in [1.165, 1.54) is 0 Å². The minimum Gasteiger partial charge on any atom is -0.496 e. The monoisotopic (exact) mass is 231 g/mol. The van der Waals surface area contributed by atoms with Gasteiger partial charge in [0.15, 0.2) is 0 Å². The van der Waals surface area contributed by atoms with Crippen LogP contribution in [0.4, 0.5) is 0 Å². The molecule has 0 aliphatic heterocycles. The third-order valence-corrected chi connectivity index (χ3v) is 2.93. The average molecular weight is 231 g/mol. The molecule has 0 bridgehead atoms. The Balaban J connectivity index is 2.38. The van der Waals surface area contributed by atoms with E-state index in [9.17, 15) is 0 Å². The highest BCUT2D eigenvalue weighted by molar-refractivity contribution is 5.40. The average Bonchev–Trinajstić information content (AvgIpc) is 2.86. The molecule has 1 unspecified atom stereocenters. The van der Waals surface area contributed by atoms with E-state index in [0.29, 0.717) is 0 Å². The highest BCUT2D eigenvalue weighted by atomic mass is 16.5. The van der Waals surface area contributed by atoms with Crippen LogP contribution in [0.15, 0.2) is 41.2 Å². The highest BCUT2D eigenvalue weighted by Crippen LogP contribution is 2.27. The summed E-state index contributed by atoms with van der Waals surface area (Å²) in [6.07, 6.45) is 3.44. The number of methoxy groups -OCH3 is 1. The van der Waals surface area contributed by atoms with E-state index in [-0.39, 0.29) is 6.04 Å². The van der Waals surface area contributed by atoms with Crippen LogP contribution < -0.4 is 10.1 Å². The van der Waals surface area contributed by atoms with Crippen LogP contribution in [0.1, 0.15) is 22.7 Å². The quantitative estimate of drug-likeness (QED) is 0.878. The first-order valence-electron chi connectivity index (χ1n) is 5.60. The Morgan fingerprint density at radius 1 is 1.24 bits per heavy atom. The third kappa shape index (κ3) is 2.34. The lowest BCUT2D eigenvalue weighted by Gasteiger charge is -2.16. The van der Waals surface area contributed by atoms with Crippen LogP contribution in [0.3, 0.4) is 0 Å². The highest BCUT2D eigenvalue weighted by Gasteiger charge is 2.14. The predicted molar refractivity (Wildman–Crippen MR) is 67.3 cm³/mol. The zero-order valence-corrected chi connectivity index (χ0v) is 10.4. The number of rotatable bonds is 4. The van der Waals surface area contributed by atoms with E-state index in [1.54, 1.807) is 19.6 Å². The van der Waals surface area contributed by atoms with Crippen molar-refractivity contribution in [2.75, 3.05) is 14.2 Å². The Labute approximate surface area is 101 Å². The van der Waals surface area contributed by atoms with Gasteiger partial charge in [-0.15, -0.1) is 0 Å². The first-order valence-corrected chi connectivity index (χ1v) is 5.60. The van der Waals surface area contributed by atoms with Crippen LogP contribution in [0.5, 0.6) is 5.75 Å². The smallest absolute Gasteiger partial charge is 0.122 e. The Morgan fingerprint density at radius 3 is 2.65 bits per heavy atom. The fourth-order valence-corrected chi connectivity index (χ4v) is 1.98. The van der Waals surface area contributed by atoms with Crippen molar-refractivity contribution >= 4 is 0 Å². The molecule has 2 rings (SSSR count). The van der Waals surface area contributed by atoms with Crippen molar-refractivity contribution in [1.82, 2.24) is 5.32 Å². The minimum atomic E-state index is 0.128. The number of benzene rings is 1. The summed E-state index contributed by atoms with van der Waals surface area (Å²) in [6, 6.07) is 8.32. The minimum absolute atomic E-state index is 0.128. The van der Waals surface area contributed by atoms with Gasteiger partial charge in [0.05, 0.1) is 25.7 Å². The second-order valence-electron chi connectivity index (χ2n) is 4.01. The normalized spacial score (nSPS) is 12.4. The van der Waals surface area contributed by atoms with Gasteiger partial charge in [0.25, 0.3) is 0 Å². The van der Waals surface area contributed by atoms with E-state index in [4.69, 9.17) is 9.15 Å². The lowest BCUT2D eigenvalue weighted by molar-refractivity contribution is 0.410. The molecule has 0 aliphatic carbocycles. The molecule has 3 nitrogen and oxygen atoms in total. The number of aryl methyl sites for hydroxylation is 1. The third-order valence-electron chi connectivity index (χ3n) is 2.93. The molecule has 90 valence electrons. The van der Waals surface area contributed by atoms with Gasteiger partial charge in [-0.25, -0.2) is 0 Å². The van der Waals surface area contributed by atoms with Crippen molar-refractivity contribution in [2.45, 2.75) is 13.0 Å².